The van der Waals surface area contributed by atoms with Crippen molar-refractivity contribution >= 4 is 36.2 Å². The summed E-state index contributed by atoms with van der Waals surface area (Å²) in [4.78, 5) is 22.5. The van der Waals surface area contributed by atoms with Gasteiger partial charge in [0, 0.05) is 25.0 Å². The Bertz CT molecular complexity index is 1260. The van der Waals surface area contributed by atoms with E-state index >= 15 is 0 Å². The molecule has 0 N–H and O–H groups in total. The fourth-order valence-electron chi connectivity index (χ4n) is 4.52. The van der Waals surface area contributed by atoms with E-state index in [9.17, 15) is 9.59 Å². The fraction of sp³-hybridized carbons (Fsp3) is 0.368. The molecule has 0 aromatic heterocycles. The monoisotopic (exact) mass is 598 g/mol. The molecule has 0 atom stereocenters. The van der Waals surface area contributed by atoms with Gasteiger partial charge in [0.2, 0.25) is 0 Å². The van der Waals surface area contributed by atoms with E-state index in [-0.39, 0.29) is 11.9 Å². The number of hydrogen-bond donors (Lipinski definition) is 0. The summed E-state index contributed by atoms with van der Waals surface area (Å²) < 4.78 is 23.0. The first kappa shape index (κ1) is 34.2. The van der Waals surface area contributed by atoms with Gasteiger partial charge >= 0.3 is 11.9 Å². The van der Waals surface area contributed by atoms with E-state index in [0.29, 0.717) is 24.7 Å². The minimum atomic E-state index is -0.343. The molecule has 0 fully saturated rings. The molecule has 0 saturated carbocycles. The highest BCUT2D eigenvalue weighted by Crippen LogP contribution is 2.33. The van der Waals surface area contributed by atoms with Gasteiger partial charge in [-0.1, -0.05) is 101 Å². The molecular formula is C38H46O6. The summed E-state index contributed by atoms with van der Waals surface area (Å²) in [5, 5.41) is 0. The first-order chi connectivity index (χ1) is 21.4. The van der Waals surface area contributed by atoms with Crippen LogP contribution in [0.4, 0.5) is 0 Å². The zero-order valence-electron chi connectivity index (χ0n) is 26.6. The van der Waals surface area contributed by atoms with Crippen molar-refractivity contribution in [1.29, 1.82) is 0 Å². The van der Waals surface area contributed by atoms with E-state index in [1.165, 1.54) is 39.5 Å². The molecule has 6 heteroatoms. The Morgan fingerprint density at radius 2 is 0.932 bits per heavy atom. The van der Waals surface area contributed by atoms with Gasteiger partial charge in [-0.2, -0.15) is 0 Å². The molecule has 0 saturated heterocycles. The van der Waals surface area contributed by atoms with Gasteiger partial charge in [-0.25, -0.2) is 0 Å². The third kappa shape index (κ3) is 12.5. The molecule has 0 heterocycles. The molecule has 6 nitrogen and oxygen atoms in total. The van der Waals surface area contributed by atoms with Crippen molar-refractivity contribution in [2.45, 2.75) is 79.1 Å². The van der Waals surface area contributed by atoms with Crippen molar-refractivity contribution in [1.82, 2.24) is 0 Å². The number of benzene rings is 3. The van der Waals surface area contributed by atoms with Crippen LogP contribution in [-0.2, 0) is 9.59 Å². The van der Waals surface area contributed by atoms with E-state index < -0.39 is 0 Å². The Morgan fingerprint density at radius 1 is 0.545 bits per heavy atom. The predicted molar refractivity (Wildman–Crippen MR) is 179 cm³/mol. The number of hydrogen-bond acceptors (Lipinski definition) is 6. The zero-order chi connectivity index (χ0) is 31.6. The normalized spacial score (nSPS) is 11.2. The second-order valence-corrected chi connectivity index (χ2v) is 10.7. The first-order valence-corrected chi connectivity index (χ1v) is 15.7. The summed E-state index contributed by atoms with van der Waals surface area (Å²) in [6.45, 7) is 8.45. The van der Waals surface area contributed by atoms with Crippen molar-refractivity contribution in [2.24, 2.45) is 0 Å². The van der Waals surface area contributed by atoms with Crippen LogP contribution in [0.15, 0.2) is 60.7 Å². The maximum atomic E-state index is 11.3. The average molecular weight is 599 g/mol. The lowest BCUT2D eigenvalue weighted by Gasteiger charge is -2.15. The first-order valence-electron chi connectivity index (χ1n) is 15.7. The van der Waals surface area contributed by atoms with Crippen LogP contribution in [0.25, 0.3) is 24.3 Å². The van der Waals surface area contributed by atoms with Crippen LogP contribution in [-0.4, -0.2) is 25.2 Å². The fourth-order valence-corrected chi connectivity index (χ4v) is 4.52. The summed E-state index contributed by atoms with van der Waals surface area (Å²) in [5.41, 5.74) is 3.79. The second-order valence-electron chi connectivity index (χ2n) is 10.7. The molecule has 3 rings (SSSR count). The molecule has 0 aliphatic rings. The summed E-state index contributed by atoms with van der Waals surface area (Å²) in [5.74, 6) is 1.92. The largest absolute Gasteiger partial charge is 0.493 e. The molecule has 44 heavy (non-hydrogen) atoms. The van der Waals surface area contributed by atoms with Gasteiger partial charge in [0.15, 0.2) is 0 Å². The van der Waals surface area contributed by atoms with Crippen LogP contribution >= 0.6 is 0 Å². The Balaban J connectivity index is 1.92. The molecule has 0 bridgehead atoms. The van der Waals surface area contributed by atoms with E-state index in [1.807, 2.05) is 60.7 Å². The third-order valence-electron chi connectivity index (χ3n) is 6.85. The molecule has 234 valence electrons. The van der Waals surface area contributed by atoms with Gasteiger partial charge in [0.1, 0.15) is 23.0 Å². The number of esters is 2. The van der Waals surface area contributed by atoms with E-state index in [1.54, 1.807) is 24.3 Å². The molecule has 0 amide bonds. The van der Waals surface area contributed by atoms with E-state index in [2.05, 4.69) is 13.8 Å². The minimum Gasteiger partial charge on any atom is -0.493 e. The lowest BCUT2D eigenvalue weighted by molar-refractivity contribution is -0.132. The maximum absolute atomic E-state index is 11.3. The molecule has 0 aliphatic carbocycles. The standard InChI is InChI=1S/C38H46O6/c1-5-7-9-11-25-41-37-27-34(20-14-32-17-23-36(24-18-32)44-30(4)40)38(42-26-12-10-8-6-2)28-33(37)19-13-31-15-21-35(22-16-31)43-29(3)39/h13-24,27-28H,5-12,25-26H2,1-4H3/b19-13+,20-14+. The van der Waals surface area contributed by atoms with Gasteiger partial charge < -0.3 is 18.9 Å². The van der Waals surface area contributed by atoms with E-state index in [4.69, 9.17) is 18.9 Å². The second kappa shape index (κ2) is 19.1. The highest BCUT2D eigenvalue weighted by Gasteiger charge is 2.11. The summed E-state index contributed by atoms with van der Waals surface area (Å²) in [6.07, 6.45) is 17.1. The smallest absolute Gasteiger partial charge is 0.308 e. The Kier molecular flexibility index (Phi) is 14.8. The summed E-state index contributed by atoms with van der Waals surface area (Å²) in [7, 11) is 0. The topological polar surface area (TPSA) is 71.1 Å². The predicted octanol–water partition coefficient (Wildman–Crippen LogP) is 9.80. The molecule has 0 spiro atoms. The summed E-state index contributed by atoms with van der Waals surface area (Å²) >= 11 is 0. The Morgan fingerprint density at radius 3 is 1.27 bits per heavy atom. The van der Waals surface area contributed by atoms with Gasteiger partial charge in [0.05, 0.1) is 13.2 Å². The van der Waals surface area contributed by atoms with E-state index in [0.717, 1.165) is 59.4 Å². The highest BCUT2D eigenvalue weighted by atomic mass is 16.5. The van der Waals surface area contributed by atoms with Gasteiger partial charge in [-0.05, 0) is 60.4 Å². The molecule has 0 unspecified atom stereocenters. The maximum Gasteiger partial charge on any atom is 0.308 e. The molecule has 3 aromatic rings. The van der Waals surface area contributed by atoms with Crippen LogP contribution < -0.4 is 18.9 Å². The summed E-state index contributed by atoms with van der Waals surface area (Å²) in [6, 6.07) is 18.9. The SMILES string of the molecule is CCCCCCOc1cc(/C=C/c2ccc(OC(C)=O)cc2)c(OCCCCCC)cc1/C=C/c1ccc(OC(C)=O)cc1. The number of rotatable bonds is 18. The quantitative estimate of drug-likeness (QED) is 0.0628. The number of ether oxygens (including phenoxy) is 4. The van der Waals surface area contributed by atoms with Crippen molar-refractivity contribution in [2.75, 3.05) is 13.2 Å². The lowest BCUT2D eigenvalue weighted by atomic mass is 10.0. The van der Waals surface area contributed by atoms with Crippen molar-refractivity contribution < 1.29 is 28.5 Å². The van der Waals surface area contributed by atoms with Crippen LogP contribution in [0.2, 0.25) is 0 Å². The van der Waals surface area contributed by atoms with Crippen LogP contribution in [0.3, 0.4) is 0 Å². The molecule has 0 aliphatic heterocycles. The lowest BCUT2D eigenvalue weighted by Crippen LogP contribution is -2.03. The highest BCUT2D eigenvalue weighted by molar-refractivity contribution is 5.79. The molecule has 0 radical (unpaired) electrons. The van der Waals surface area contributed by atoms with Gasteiger partial charge in [-0.3, -0.25) is 9.59 Å². The Hall–Kier alpha value is -4.32. The molecule has 3 aromatic carbocycles. The zero-order valence-corrected chi connectivity index (χ0v) is 26.6. The van der Waals surface area contributed by atoms with Crippen molar-refractivity contribution in [3.8, 4) is 23.0 Å². The number of carbonyl (C=O) groups is 2. The average Bonchev–Trinajstić information content (AvgIpc) is 3.00. The van der Waals surface area contributed by atoms with Crippen molar-refractivity contribution in [3.05, 3.63) is 82.9 Å². The number of carbonyl (C=O) groups excluding carboxylic acids is 2. The van der Waals surface area contributed by atoms with Crippen LogP contribution in [0.1, 0.15) is 101 Å². The van der Waals surface area contributed by atoms with Gasteiger partial charge in [-0.15, -0.1) is 0 Å². The minimum absolute atomic E-state index is 0.343. The third-order valence-corrected chi connectivity index (χ3v) is 6.85. The Labute approximate surface area is 262 Å². The molecular weight excluding hydrogens is 552 g/mol. The van der Waals surface area contributed by atoms with Crippen molar-refractivity contribution in [3.63, 3.8) is 0 Å². The number of unbranched alkanes of at least 4 members (excludes halogenated alkanes) is 6. The van der Waals surface area contributed by atoms with Crippen LogP contribution in [0, 0.1) is 0 Å². The van der Waals surface area contributed by atoms with Gasteiger partial charge in [0.25, 0.3) is 0 Å². The van der Waals surface area contributed by atoms with Crippen LogP contribution in [0.5, 0.6) is 23.0 Å².